The summed E-state index contributed by atoms with van der Waals surface area (Å²) in [6.45, 7) is 6.24. The highest BCUT2D eigenvalue weighted by atomic mass is 35.5. The van der Waals surface area contributed by atoms with Gasteiger partial charge in [0.2, 0.25) is 0 Å². The average molecular weight is 424 g/mol. The van der Waals surface area contributed by atoms with Crippen LogP contribution in [-0.2, 0) is 27.1 Å². The molecule has 2 aromatic rings. The van der Waals surface area contributed by atoms with Crippen LogP contribution in [0.4, 0.5) is 5.82 Å². The standard InChI is InChI=1S/C20H23Cl2N3O3/c1-4-15-19(13-7-6-12(21)8-14(13)22)23-16(5-2)20(24-15)25-17-9-27-10-18(17)28-11(3)26/h6-8,17-18H,4-5,9-10H2,1-3H3,(H,24,25). The molecule has 1 saturated heterocycles. The molecule has 150 valence electrons. The van der Waals surface area contributed by atoms with Gasteiger partial charge in [0, 0.05) is 17.5 Å². The zero-order valence-corrected chi connectivity index (χ0v) is 17.6. The number of rotatable bonds is 6. The zero-order valence-electron chi connectivity index (χ0n) is 16.1. The number of aromatic nitrogens is 2. The lowest BCUT2D eigenvalue weighted by Crippen LogP contribution is -2.36. The highest BCUT2D eigenvalue weighted by molar-refractivity contribution is 6.36. The number of hydrogen-bond donors (Lipinski definition) is 1. The number of carbonyl (C=O) groups excluding carboxylic acids is 1. The van der Waals surface area contributed by atoms with Gasteiger partial charge in [-0.15, -0.1) is 0 Å². The molecular formula is C20H23Cl2N3O3. The molecule has 0 aliphatic carbocycles. The van der Waals surface area contributed by atoms with Gasteiger partial charge in [-0.2, -0.15) is 0 Å². The van der Waals surface area contributed by atoms with E-state index in [1.54, 1.807) is 12.1 Å². The molecule has 2 heterocycles. The van der Waals surface area contributed by atoms with Crippen molar-refractivity contribution in [2.75, 3.05) is 18.5 Å². The molecule has 28 heavy (non-hydrogen) atoms. The summed E-state index contributed by atoms with van der Waals surface area (Å²) in [5.41, 5.74) is 3.20. The maximum atomic E-state index is 11.3. The molecule has 0 radical (unpaired) electrons. The van der Waals surface area contributed by atoms with Gasteiger partial charge in [-0.1, -0.05) is 37.0 Å². The van der Waals surface area contributed by atoms with Crippen molar-refractivity contribution in [3.63, 3.8) is 0 Å². The summed E-state index contributed by atoms with van der Waals surface area (Å²) in [5.74, 6) is 0.354. The number of carbonyl (C=O) groups is 1. The predicted molar refractivity (Wildman–Crippen MR) is 110 cm³/mol. The highest BCUT2D eigenvalue weighted by Gasteiger charge is 2.32. The lowest BCUT2D eigenvalue weighted by Gasteiger charge is -2.22. The predicted octanol–water partition coefficient (Wildman–Crippen LogP) is 4.32. The fourth-order valence-electron chi connectivity index (χ4n) is 3.18. The van der Waals surface area contributed by atoms with Crippen LogP contribution in [0.5, 0.6) is 0 Å². The second-order valence-corrected chi connectivity index (χ2v) is 7.43. The Kier molecular flexibility index (Phi) is 6.75. The van der Waals surface area contributed by atoms with Crippen molar-refractivity contribution in [1.29, 1.82) is 0 Å². The van der Waals surface area contributed by atoms with Gasteiger partial charge in [0.25, 0.3) is 0 Å². The van der Waals surface area contributed by atoms with E-state index >= 15 is 0 Å². The van der Waals surface area contributed by atoms with Crippen molar-refractivity contribution in [3.8, 4) is 11.3 Å². The molecule has 2 atom stereocenters. The van der Waals surface area contributed by atoms with Gasteiger partial charge in [0.1, 0.15) is 11.9 Å². The van der Waals surface area contributed by atoms with Crippen LogP contribution in [0, 0.1) is 0 Å². The summed E-state index contributed by atoms with van der Waals surface area (Å²) >= 11 is 12.4. The number of anilines is 1. The van der Waals surface area contributed by atoms with Gasteiger partial charge in [0.15, 0.2) is 0 Å². The van der Waals surface area contributed by atoms with E-state index in [1.165, 1.54) is 6.92 Å². The van der Waals surface area contributed by atoms with Gasteiger partial charge in [-0.25, -0.2) is 9.97 Å². The van der Waals surface area contributed by atoms with Gasteiger partial charge < -0.3 is 14.8 Å². The average Bonchev–Trinajstić information content (AvgIpc) is 3.07. The highest BCUT2D eigenvalue weighted by Crippen LogP contribution is 2.32. The summed E-state index contributed by atoms with van der Waals surface area (Å²) in [6, 6.07) is 5.19. The summed E-state index contributed by atoms with van der Waals surface area (Å²) in [4.78, 5) is 21.0. The minimum Gasteiger partial charge on any atom is -0.458 e. The first-order valence-corrected chi connectivity index (χ1v) is 10.0. The maximum absolute atomic E-state index is 11.3. The first-order chi connectivity index (χ1) is 13.4. The minimum atomic E-state index is -0.348. The molecule has 1 aliphatic rings. The first kappa shape index (κ1) is 20.8. The van der Waals surface area contributed by atoms with E-state index in [-0.39, 0.29) is 18.1 Å². The van der Waals surface area contributed by atoms with Crippen molar-refractivity contribution < 1.29 is 14.3 Å². The van der Waals surface area contributed by atoms with Gasteiger partial charge in [-0.05, 0) is 31.0 Å². The Labute approximate surface area is 174 Å². The molecule has 8 heteroatoms. The van der Waals surface area contributed by atoms with Crippen molar-refractivity contribution in [3.05, 3.63) is 39.6 Å². The van der Waals surface area contributed by atoms with E-state index < -0.39 is 0 Å². The molecule has 0 spiro atoms. The number of ether oxygens (including phenoxy) is 2. The Hall–Kier alpha value is -1.89. The third-order valence-corrected chi connectivity index (χ3v) is 5.11. The van der Waals surface area contributed by atoms with Crippen LogP contribution < -0.4 is 5.32 Å². The Morgan fingerprint density at radius 2 is 1.96 bits per heavy atom. The number of esters is 1. The molecule has 0 saturated carbocycles. The Balaban J connectivity index is 1.96. The largest absolute Gasteiger partial charge is 0.458 e. The van der Waals surface area contributed by atoms with E-state index in [9.17, 15) is 4.79 Å². The number of benzene rings is 1. The van der Waals surface area contributed by atoms with E-state index in [2.05, 4.69) is 5.32 Å². The fourth-order valence-corrected chi connectivity index (χ4v) is 3.68. The Morgan fingerprint density at radius 1 is 1.21 bits per heavy atom. The molecule has 2 unspecified atom stereocenters. The minimum absolute atomic E-state index is 0.168. The van der Waals surface area contributed by atoms with Crippen molar-refractivity contribution in [2.45, 2.75) is 45.8 Å². The summed E-state index contributed by atoms with van der Waals surface area (Å²) < 4.78 is 10.8. The van der Waals surface area contributed by atoms with Crippen molar-refractivity contribution >= 4 is 35.0 Å². The molecule has 3 rings (SSSR count). The fraction of sp³-hybridized carbons (Fsp3) is 0.450. The van der Waals surface area contributed by atoms with E-state index in [0.29, 0.717) is 41.9 Å². The molecule has 1 aromatic carbocycles. The lowest BCUT2D eigenvalue weighted by atomic mass is 10.1. The second kappa shape index (κ2) is 9.07. The molecule has 1 N–H and O–H groups in total. The molecule has 1 aliphatic heterocycles. The lowest BCUT2D eigenvalue weighted by molar-refractivity contribution is -0.146. The molecule has 1 aromatic heterocycles. The third-order valence-electron chi connectivity index (χ3n) is 4.56. The van der Waals surface area contributed by atoms with Gasteiger partial charge in [0.05, 0.1) is 41.4 Å². The first-order valence-electron chi connectivity index (χ1n) is 9.29. The number of halogens is 2. The zero-order chi connectivity index (χ0) is 20.3. The molecule has 6 nitrogen and oxygen atoms in total. The van der Waals surface area contributed by atoms with Gasteiger partial charge in [-0.3, -0.25) is 4.79 Å². The number of nitrogens with one attached hydrogen (secondary N) is 1. The van der Waals surface area contributed by atoms with Crippen LogP contribution in [0.15, 0.2) is 18.2 Å². The van der Waals surface area contributed by atoms with Gasteiger partial charge >= 0.3 is 5.97 Å². The van der Waals surface area contributed by atoms with Crippen LogP contribution in [-0.4, -0.2) is 41.3 Å². The van der Waals surface area contributed by atoms with Crippen molar-refractivity contribution in [1.82, 2.24) is 9.97 Å². The summed E-state index contributed by atoms with van der Waals surface area (Å²) in [5, 5.41) is 4.48. The van der Waals surface area contributed by atoms with E-state index in [1.807, 2.05) is 19.9 Å². The molecule has 1 fully saturated rings. The van der Waals surface area contributed by atoms with Crippen LogP contribution in [0.2, 0.25) is 10.0 Å². The third kappa shape index (κ3) is 4.57. The van der Waals surface area contributed by atoms with E-state index in [4.69, 9.17) is 42.6 Å². The number of aryl methyl sites for hydroxylation is 2. The molecule has 0 bridgehead atoms. The maximum Gasteiger partial charge on any atom is 0.303 e. The second-order valence-electron chi connectivity index (χ2n) is 6.58. The van der Waals surface area contributed by atoms with Crippen LogP contribution in [0.25, 0.3) is 11.3 Å². The summed E-state index contributed by atoms with van der Waals surface area (Å²) in [6.07, 6.45) is 1.03. The normalized spacial score (nSPS) is 18.9. The number of hydrogen-bond acceptors (Lipinski definition) is 6. The number of nitrogens with zero attached hydrogens (tertiary/aromatic N) is 2. The molecular weight excluding hydrogens is 401 g/mol. The van der Waals surface area contributed by atoms with Crippen LogP contribution in [0.3, 0.4) is 0 Å². The molecule has 0 amide bonds. The Morgan fingerprint density at radius 3 is 2.61 bits per heavy atom. The van der Waals surface area contributed by atoms with Crippen molar-refractivity contribution in [2.24, 2.45) is 0 Å². The van der Waals surface area contributed by atoms with E-state index in [0.717, 1.165) is 22.6 Å². The smallest absolute Gasteiger partial charge is 0.303 e. The monoisotopic (exact) mass is 423 g/mol. The van der Waals surface area contributed by atoms with Crippen LogP contribution >= 0.6 is 23.2 Å². The topological polar surface area (TPSA) is 73.3 Å². The summed E-state index contributed by atoms with van der Waals surface area (Å²) in [7, 11) is 0. The Bertz CT molecular complexity index is 876. The quantitative estimate of drug-likeness (QED) is 0.697. The SMILES string of the molecule is CCc1nc(-c2ccc(Cl)cc2Cl)c(CC)nc1NC1COCC1OC(C)=O. The van der Waals surface area contributed by atoms with Crippen LogP contribution in [0.1, 0.15) is 32.2 Å².